The van der Waals surface area contributed by atoms with Crippen molar-refractivity contribution in [2.45, 2.75) is 47.1 Å². The minimum atomic E-state index is -0.258. The van der Waals surface area contributed by atoms with Crippen molar-refractivity contribution in [2.24, 2.45) is 10.8 Å². The van der Waals surface area contributed by atoms with Crippen molar-refractivity contribution in [1.29, 1.82) is 0 Å². The highest BCUT2D eigenvalue weighted by Crippen LogP contribution is 2.41. The molecule has 2 rings (SSSR count). The minimum absolute atomic E-state index is 0.0782. The molecule has 1 aromatic rings. The van der Waals surface area contributed by atoms with Gasteiger partial charge in [-0.25, -0.2) is 0 Å². The highest BCUT2D eigenvalue weighted by molar-refractivity contribution is 5.49. The van der Waals surface area contributed by atoms with Gasteiger partial charge in [-0.15, -0.1) is 0 Å². The van der Waals surface area contributed by atoms with E-state index in [9.17, 15) is 5.11 Å². The Labute approximate surface area is 117 Å². The average Bonchev–Trinajstić information content (AvgIpc) is 2.35. The van der Waals surface area contributed by atoms with Crippen molar-refractivity contribution >= 4 is 5.69 Å². The predicted molar refractivity (Wildman–Crippen MR) is 81.6 cm³/mol. The summed E-state index contributed by atoms with van der Waals surface area (Å²) in [6.45, 7) is 12.6. The summed E-state index contributed by atoms with van der Waals surface area (Å²) in [6.07, 6.45) is 0.821. The topological polar surface area (TPSA) is 23.5 Å². The van der Waals surface area contributed by atoms with Crippen LogP contribution in [0.1, 0.15) is 40.2 Å². The molecule has 0 atom stereocenters. The van der Waals surface area contributed by atoms with Crippen LogP contribution in [0.25, 0.3) is 0 Å². The fraction of sp³-hybridized carbons (Fsp3) is 0.647. The van der Waals surface area contributed by atoms with E-state index in [1.54, 1.807) is 0 Å². The number of aliphatic hydroxyl groups is 1. The zero-order valence-corrected chi connectivity index (χ0v) is 12.9. The number of anilines is 1. The summed E-state index contributed by atoms with van der Waals surface area (Å²) in [6, 6.07) is 8.84. The Balaban J connectivity index is 2.25. The van der Waals surface area contributed by atoms with Gasteiger partial charge in [0.05, 0.1) is 6.10 Å². The van der Waals surface area contributed by atoms with Crippen LogP contribution in [0.3, 0.4) is 0 Å². The second kappa shape index (κ2) is 4.82. The lowest BCUT2D eigenvalue weighted by Gasteiger charge is -2.51. The average molecular weight is 261 g/mol. The van der Waals surface area contributed by atoms with Crippen LogP contribution in [0.5, 0.6) is 0 Å². The highest BCUT2D eigenvalue weighted by Gasteiger charge is 2.45. The third kappa shape index (κ3) is 2.79. The number of benzene rings is 1. The molecule has 0 aromatic heterocycles. The van der Waals surface area contributed by atoms with Gasteiger partial charge in [-0.2, -0.15) is 0 Å². The third-order valence-electron chi connectivity index (χ3n) is 4.39. The summed E-state index contributed by atoms with van der Waals surface area (Å²) in [5, 5.41) is 10.5. The molecule has 1 heterocycles. The Morgan fingerprint density at radius 2 is 1.53 bits per heavy atom. The van der Waals surface area contributed by atoms with E-state index in [0.717, 1.165) is 19.5 Å². The zero-order valence-electron chi connectivity index (χ0n) is 12.9. The van der Waals surface area contributed by atoms with Crippen LogP contribution in [0.4, 0.5) is 5.69 Å². The molecule has 0 radical (unpaired) electrons. The van der Waals surface area contributed by atoms with Crippen LogP contribution in [0.15, 0.2) is 24.3 Å². The number of hydrogen-bond acceptors (Lipinski definition) is 2. The Morgan fingerprint density at radius 1 is 1.05 bits per heavy atom. The summed E-state index contributed by atoms with van der Waals surface area (Å²) in [5.74, 6) is 0. The maximum atomic E-state index is 10.5. The molecular formula is C17H27NO. The Kier molecular flexibility index (Phi) is 3.65. The number of hydrogen-bond donors (Lipinski definition) is 1. The first kappa shape index (κ1) is 14.4. The van der Waals surface area contributed by atoms with Crippen LogP contribution in [-0.2, 0) is 6.42 Å². The van der Waals surface area contributed by atoms with Gasteiger partial charge < -0.3 is 10.0 Å². The van der Waals surface area contributed by atoms with Gasteiger partial charge >= 0.3 is 0 Å². The van der Waals surface area contributed by atoms with E-state index in [4.69, 9.17) is 0 Å². The van der Waals surface area contributed by atoms with E-state index in [2.05, 4.69) is 63.8 Å². The zero-order chi connectivity index (χ0) is 14.3. The van der Waals surface area contributed by atoms with Crippen molar-refractivity contribution in [3.05, 3.63) is 29.8 Å². The monoisotopic (exact) mass is 261 g/mol. The lowest BCUT2D eigenvalue weighted by molar-refractivity contribution is -0.0531. The van der Waals surface area contributed by atoms with Gasteiger partial charge in [0.2, 0.25) is 0 Å². The van der Waals surface area contributed by atoms with E-state index in [0.29, 0.717) is 0 Å². The summed E-state index contributed by atoms with van der Waals surface area (Å²) in [7, 11) is 0. The molecule has 0 aliphatic carbocycles. The van der Waals surface area contributed by atoms with Crippen molar-refractivity contribution in [3.63, 3.8) is 0 Å². The first-order valence-electron chi connectivity index (χ1n) is 7.28. The second-order valence-electron chi connectivity index (χ2n) is 7.26. The number of rotatable bonds is 2. The SMILES string of the molecule is CCc1ccc(N2CC(C)(C)C(O)C(C)(C)C2)cc1. The van der Waals surface area contributed by atoms with Crippen molar-refractivity contribution in [3.8, 4) is 0 Å². The van der Waals surface area contributed by atoms with Gasteiger partial charge in [0.1, 0.15) is 0 Å². The smallest absolute Gasteiger partial charge is 0.0675 e. The van der Waals surface area contributed by atoms with Crippen LogP contribution in [0, 0.1) is 10.8 Å². The van der Waals surface area contributed by atoms with E-state index in [-0.39, 0.29) is 16.9 Å². The molecule has 19 heavy (non-hydrogen) atoms. The molecule has 2 heteroatoms. The molecule has 0 unspecified atom stereocenters. The van der Waals surface area contributed by atoms with Gasteiger partial charge in [0.25, 0.3) is 0 Å². The van der Waals surface area contributed by atoms with Crippen molar-refractivity contribution in [1.82, 2.24) is 0 Å². The molecule has 0 saturated carbocycles. The number of aryl methyl sites for hydroxylation is 1. The Morgan fingerprint density at radius 3 is 1.95 bits per heavy atom. The normalized spacial score (nSPS) is 22.5. The van der Waals surface area contributed by atoms with Crippen LogP contribution in [-0.4, -0.2) is 24.3 Å². The molecule has 106 valence electrons. The predicted octanol–water partition coefficient (Wildman–Crippen LogP) is 3.48. The molecule has 1 aromatic carbocycles. The number of nitrogens with zero attached hydrogens (tertiary/aromatic N) is 1. The van der Waals surface area contributed by atoms with Gasteiger partial charge in [0.15, 0.2) is 0 Å². The molecule has 2 nitrogen and oxygen atoms in total. The largest absolute Gasteiger partial charge is 0.392 e. The quantitative estimate of drug-likeness (QED) is 0.881. The van der Waals surface area contributed by atoms with Crippen LogP contribution < -0.4 is 4.90 Å². The molecule has 1 aliphatic rings. The van der Waals surface area contributed by atoms with E-state index in [1.165, 1.54) is 11.3 Å². The molecule has 0 amide bonds. The number of piperidine rings is 1. The fourth-order valence-electron chi connectivity index (χ4n) is 3.40. The molecule has 0 bridgehead atoms. The molecule has 0 spiro atoms. The highest BCUT2D eigenvalue weighted by atomic mass is 16.3. The second-order valence-corrected chi connectivity index (χ2v) is 7.26. The molecule has 1 aliphatic heterocycles. The van der Waals surface area contributed by atoms with E-state index >= 15 is 0 Å². The van der Waals surface area contributed by atoms with Gasteiger partial charge in [-0.3, -0.25) is 0 Å². The van der Waals surface area contributed by atoms with E-state index < -0.39 is 0 Å². The van der Waals surface area contributed by atoms with Gasteiger partial charge in [0, 0.05) is 29.6 Å². The summed E-state index contributed by atoms with van der Waals surface area (Å²) >= 11 is 0. The Bertz CT molecular complexity index is 415. The third-order valence-corrected chi connectivity index (χ3v) is 4.39. The van der Waals surface area contributed by atoms with Gasteiger partial charge in [-0.1, -0.05) is 46.8 Å². The lowest BCUT2D eigenvalue weighted by Crippen LogP contribution is -2.58. The fourth-order valence-corrected chi connectivity index (χ4v) is 3.40. The van der Waals surface area contributed by atoms with Crippen LogP contribution >= 0.6 is 0 Å². The molecule has 1 saturated heterocycles. The van der Waals surface area contributed by atoms with E-state index in [1.807, 2.05) is 0 Å². The summed E-state index contributed by atoms with van der Waals surface area (Å²) < 4.78 is 0. The standard InChI is InChI=1S/C17H27NO/c1-6-13-7-9-14(10-8-13)18-11-16(2,3)15(19)17(4,5)12-18/h7-10,15,19H,6,11-12H2,1-5H3. The maximum Gasteiger partial charge on any atom is 0.0675 e. The summed E-state index contributed by atoms with van der Waals surface area (Å²) in [4.78, 5) is 2.41. The Hall–Kier alpha value is -1.02. The minimum Gasteiger partial charge on any atom is -0.392 e. The number of aliphatic hydroxyl groups excluding tert-OH is 1. The summed E-state index contributed by atoms with van der Waals surface area (Å²) in [5.41, 5.74) is 2.49. The van der Waals surface area contributed by atoms with Crippen molar-refractivity contribution in [2.75, 3.05) is 18.0 Å². The molecule has 1 N–H and O–H groups in total. The molecular weight excluding hydrogens is 234 g/mol. The van der Waals surface area contributed by atoms with Gasteiger partial charge in [-0.05, 0) is 24.1 Å². The van der Waals surface area contributed by atoms with Crippen LogP contribution in [0.2, 0.25) is 0 Å². The van der Waals surface area contributed by atoms with Crippen molar-refractivity contribution < 1.29 is 5.11 Å². The molecule has 1 fully saturated rings. The first-order chi connectivity index (χ1) is 8.76. The lowest BCUT2D eigenvalue weighted by atomic mass is 9.68. The maximum absolute atomic E-state index is 10.5. The first-order valence-corrected chi connectivity index (χ1v) is 7.28.